The molecule has 6 heteroatoms. The van der Waals surface area contributed by atoms with Crippen LogP contribution >= 0.6 is 0 Å². The molecule has 0 unspecified atom stereocenters. The summed E-state index contributed by atoms with van der Waals surface area (Å²) in [5, 5.41) is 5.86. The molecule has 24 heavy (non-hydrogen) atoms. The summed E-state index contributed by atoms with van der Waals surface area (Å²) in [6.07, 6.45) is 0. The zero-order valence-corrected chi connectivity index (χ0v) is 14.8. The molecule has 0 spiro atoms. The Hall–Kier alpha value is -1.92. The predicted molar refractivity (Wildman–Crippen MR) is 95.8 cm³/mol. The first-order valence-electron chi connectivity index (χ1n) is 8.57. The van der Waals surface area contributed by atoms with E-state index in [0.717, 1.165) is 31.9 Å². The van der Waals surface area contributed by atoms with Gasteiger partial charge in [0, 0.05) is 37.9 Å². The number of piperazine rings is 1. The lowest BCUT2D eigenvalue weighted by molar-refractivity contribution is -0.125. The monoisotopic (exact) mass is 332 g/mol. The average molecular weight is 332 g/mol. The minimum atomic E-state index is -0.183. The molecule has 0 radical (unpaired) electrons. The van der Waals surface area contributed by atoms with E-state index < -0.39 is 0 Å². The number of nitrogens with zero attached hydrogens (tertiary/aromatic N) is 2. The van der Waals surface area contributed by atoms with Gasteiger partial charge in [-0.15, -0.1) is 0 Å². The minimum Gasteiger partial charge on any atom is -0.353 e. The smallest absolute Gasteiger partial charge is 0.241 e. The van der Waals surface area contributed by atoms with Crippen LogP contribution in [-0.4, -0.2) is 66.4 Å². The number of benzene rings is 1. The predicted octanol–water partition coefficient (Wildman–Crippen LogP) is 1.16. The summed E-state index contributed by atoms with van der Waals surface area (Å²) in [7, 11) is 0. The number of rotatable bonds is 6. The first-order valence-corrected chi connectivity index (χ1v) is 8.57. The highest BCUT2D eigenvalue weighted by Gasteiger charge is 2.26. The van der Waals surface area contributed by atoms with Crippen molar-refractivity contribution in [3.05, 3.63) is 30.3 Å². The van der Waals surface area contributed by atoms with Gasteiger partial charge in [0.25, 0.3) is 0 Å². The molecule has 2 N–H and O–H groups in total. The molecule has 1 aromatic rings. The Balaban J connectivity index is 1.77. The first kappa shape index (κ1) is 18.4. The molecule has 1 aliphatic heterocycles. The van der Waals surface area contributed by atoms with Gasteiger partial charge in [-0.05, 0) is 32.9 Å². The number of hydrogen-bond donors (Lipinski definition) is 2. The van der Waals surface area contributed by atoms with Crippen LogP contribution < -0.4 is 10.6 Å². The summed E-state index contributed by atoms with van der Waals surface area (Å²) in [6.45, 7) is 9.46. The highest BCUT2D eigenvalue weighted by molar-refractivity contribution is 5.94. The molecule has 132 valence electrons. The molecule has 6 nitrogen and oxygen atoms in total. The number of para-hydroxylation sites is 1. The van der Waals surface area contributed by atoms with Gasteiger partial charge in [-0.1, -0.05) is 18.2 Å². The minimum absolute atomic E-state index is 0.00667. The van der Waals surface area contributed by atoms with Gasteiger partial charge < -0.3 is 10.6 Å². The number of nitrogens with one attached hydrogen (secondary N) is 2. The fourth-order valence-corrected chi connectivity index (χ4v) is 2.81. The largest absolute Gasteiger partial charge is 0.353 e. The highest BCUT2D eigenvalue weighted by Crippen LogP contribution is 2.10. The van der Waals surface area contributed by atoms with Crippen molar-refractivity contribution in [2.75, 3.05) is 38.0 Å². The third-order valence-corrected chi connectivity index (χ3v) is 4.19. The van der Waals surface area contributed by atoms with Crippen LogP contribution in [-0.2, 0) is 9.59 Å². The molecule has 1 aromatic carbocycles. The molecule has 0 aliphatic carbocycles. The van der Waals surface area contributed by atoms with Gasteiger partial charge in [0.15, 0.2) is 0 Å². The molecule has 1 heterocycles. The van der Waals surface area contributed by atoms with Crippen molar-refractivity contribution >= 4 is 17.5 Å². The lowest BCUT2D eigenvalue weighted by Crippen LogP contribution is -2.54. The van der Waals surface area contributed by atoms with Crippen molar-refractivity contribution < 1.29 is 9.59 Å². The molecule has 1 fully saturated rings. The maximum atomic E-state index is 12.4. The van der Waals surface area contributed by atoms with E-state index in [2.05, 4.69) is 20.4 Å². The SMILES string of the molecule is CC(C)NC(=O)CN1CCN([C@@H](C)C(=O)Nc2ccccc2)CC1. The Kier molecular flexibility index (Phi) is 6.75. The van der Waals surface area contributed by atoms with E-state index in [4.69, 9.17) is 0 Å². The maximum absolute atomic E-state index is 12.4. The second-order valence-electron chi connectivity index (χ2n) is 6.57. The fourth-order valence-electron chi connectivity index (χ4n) is 2.81. The molecular weight excluding hydrogens is 304 g/mol. The molecule has 1 saturated heterocycles. The summed E-state index contributed by atoms with van der Waals surface area (Å²) in [6, 6.07) is 9.49. The van der Waals surface area contributed by atoms with Crippen LogP contribution in [0.1, 0.15) is 20.8 Å². The normalized spacial score (nSPS) is 17.5. The third-order valence-electron chi connectivity index (χ3n) is 4.19. The van der Waals surface area contributed by atoms with Crippen LogP contribution in [0.4, 0.5) is 5.69 Å². The number of hydrogen-bond acceptors (Lipinski definition) is 4. The zero-order chi connectivity index (χ0) is 17.5. The Bertz CT molecular complexity index is 539. The average Bonchev–Trinajstić information content (AvgIpc) is 2.55. The van der Waals surface area contributed by atoms with Gasteiger partial charge in [-0.3, -0.25) is 19.4 Å². The summed E-state index contributed by atoms with van der Waals surface area (Å²) in [5.41, 5.74) is 0.818. The van der Waals surface area contributed by atoms with Crippen molar-refractivity contribution in [3.8, 4) is 0 Å². The molecule has 0 bridgehead atoms. The first-order chi connectivity index (χ1) is 11.5. The second kappa shape index (κ2) is 8.80. The summed E-state index contributed by atoms with van der Waals surface area (Å²) in [5.74, 6) is 0.0699. The van der Waals surface area contributed by atoms with Gasteiger partial charge >= 0.3 is 0 Å². The Morgan fingerprint density at radius 1 is 1.04 bits per heavy atom. The van der Waals surface area contributed by atoms with Crippen LogP contribution in [0.15, 0.2) is 30.3 Å². The van der Waals surface area contributed by atoms with Gasteiger partial charge in [0.2, 0.25) is 11.8 Å². The van der Waals surface area contributed by atoms with E-state index in [0.29, 0.717) is 6.54 Å². The second-order valence-corrected chi connectivity index (χ2v) is 6.57. The molecule has 1 aliphatic rings. The van der Waals surface area contributed by atoms with Gasteiger partial charge in [0.05, 0.1) is 12.6 Å². The van der Waals surface area contributed by atoms with E-state index in [1.165, 1.54) is 0 Å². The quantitative estimate of drug-likeness (QED) is 0.820. The third kappa shape index (κ3) is 5.62. The Labute approximate surface area is 144 Å². The number of amides is 2. The zero-order valence-electron chi connectivity index (χ0n) is 14.8. The van der Waals surface area contributed by atoms with Gasteiger partial charge in [0.1, 0.15) is 0 Å². The van der Waals surface area contributed by atoms with Crippen LogP contribution in [0.25, 0.3) is 0 Å². The number of anilines is 1. The van der Waals surface area contributed by atoms with Crippen molar-refractivity contribution in [2.45, 2.75) is 32.9 Å². The molecule has 0 aromatic heterocycles. The van der Waals surface area contributed by atoms with Crippen LogP contribution in [0.2, 0.25) is 0 Å². The summed E-state index contributed by atoms with van der Waals surface area (Å²) < 4.78 is 0. The van der Waals surface area contributed by atoms with Crippen LogP contribution in [0.5, 0.6) is 0 Å². The standard InChI is InChI=1S/C18H28N4O2/c1-14(2)19-17(23)13-21-9-11-22(12-10-21)15(3)18(24)20-16-7-5-4-6-8-16/h4-8,14-15H,9-13H2,1-3H3,(H,19,23)(H,20,24)/t15-/m0/s1. The summed E-state index contributed by atoms with van der Waals surface area (Å²) >= 11 is 0. The fraction of sp³-hybridized carbons (Fsp3) is 0.556. The van der Waals surface area contributed by atoms with Crippen LogP contribution in [0.3, 0.4) is 0 Å². The summed E-state index contributed by atoms with van der Waals surface area (Å²) in [4.78, 5) is 28.5. The van der Waals surface area contributed by atoms with Crippen molar-refractivity contribution in [2.24, 2.45) is 0 Å². The molecule has 2 amide bonds. The Morgan fingerprint density at radius 3 is 2.25 bits per heavy atom. The Morgan fingerprint density at radius 2 is 1.67 bits per heavy atom. The molecular formula is C18H28N4O2. The van der Waals surface area contributed by atoms with E-state index >= 15 is 0 Å². The highest BCUT2D eigenvalue weighted by atomic mass is 16.2. The lowest BCUT2D eigenvalue weighted by Gasteiger charge is -2.37. The van der Waals surface area contributed by atoms with E-state index in [1.807, 2.05) is 51.1 Å². The maximum Gasteiger partial charge on any atom is 0.241 e. The van der Waals surface area contributed by atoms with Gasteiger partial charge in [-0.25, -0.2) is 0 Å². The number of carbonyl (C=O) groups is 2. The molecule has 1 atom stereocenters. The van der Waals surface area contributed by atoms with E-state index in [9.17, 15) is 9.59 Å². The molecule has 2 rings (SSSR count). The van der Waals surface area contributed by atoms with Crippen molar-refractivity contribution in [1.82, 2.24) is 15.1 Å². The topological polar surface area (TPSA) is 64.7 Å². The van der Waals surface area contributed by atoms with Crippen molar-refractivity contribution in [1.29, 1.82) is 0 Å². The van der Waals surface area contributed by atoms with Crippen molar-refractivity contribution in [3.63, 3.8) is 0 Å². The number of carbonyl (C=O) groups excluding carboxylic acids is 2. The van der Waals surface area contributed by atoms with Gasteiger partial charge in [-0.2, -0.15) is 0 Å². The lowest BCUT2D eigenvalue weighted by atomic mass is 10.2. The van der Waals surface area contributed by atoms with Crippen LogP contribution in [0, 0.1) is 0 Å². The van der Waals surface area contributed by atoms with E-state index in [-0.39, 0.29) is 23.9 Å². The van der Waals surface area contributed by atoms with E-state index in [1.54, 1.807) is 0 Å². The molecule has 0 saturated carbocycles.